The standard InChI is InChI=1S/C15H21NO3/c1-11-3-6-13(14(17)9-11)15(18)16-7-2-8-19-10-12-4-5-12/h3,6,9,12,17H,2,4-5,7-8,10H2,1H3,(H,16,18). The maximum Gasteiger partial charge on any atom is 0.255 e. The van der Waals surface area contributed by atoms with Gasteiger partial charge in [-0.15, -0.1) is 0 Å². The number of carbonyl (C=O) groups is 1. The molecule has 0 aromatic heterocycles. The van der Waals surface area contributed by atoms with Crippen LogP contribution < -0.4 is 5.32 Å². The summed E-state index contributed by atoms with van der Waals surface area (Å²) < 4.78 is 5.48. The fourth-order valence-corrected chi connectivity index (χ4v) is 1.84. The van der Waals surface area contributed by atoms with Crippen LogP contribution in [0.2, 0.25) is 0 Å². The number of hydrogen-bond donors (Lipinski definition) is 2. The Balaban J connectivity index is 1.65. The third-order valence-corrected chi connectivity index (χ3v) is 3.20. The van der Waals surface area contributed by atoms with Crippen molar-refractivity contribution in [2.75, 3.05) is 19.8 Å². The number of benzene rings is 1. The van der Waals surface area contributed by atoms with Gasteiger partial charge in [0.2, 0.25) is 0 Å². The van der Waals surface area contributed by atoms with Gasteiger partial charge in [0.15, 0.2) is 0 Å². The van der Waals surface area contributed by atoms with Crippen LogP contribution in [0.3, 0.4) is 0 Å². The quantitative estimate of drug-likeness (QED) is 0.742. The number of hydrogen-bond acceptors (Lipinski definition) is 3. The van der Waals surface area contributed by atoms with E-state index < -0.39 is 0 Å². The van der Waals surface area contributed by atoms with E-state index in [-0.39, 0.29) is 11.7 Å². The molecule has 1 fully saturated rings. The first kappa shape index (κ1) is 13.9. The molecule has 1 aliphatic carbocycles. The lowest BCUT2D eigenvalue weighted by Crippen LogP contribution is -2.25. The van der Waals surface area contributed by atoms with Crippen LogP contribution in [0.4, 0.5) is 0 Å². The Kier molecular flexibility index (Phi) is 4.80. The molecule has 0 saturated heterocycles. The molecule has 0 aliphatic heterocycles. The van der Waals surface area contributed by atoms with Gasteiger partial charge in [-0.2, -0.15) is 0 Å². The predicted molar refractivity (Wildman–Crippen MR) is 73.3 cm³/mol. The SMILES string of the molecule is Cc1ccc(C(=O)NCCCOCC2CC2)c(O)c1. The number of amides is 1. The van der Waals surface area contributed by atoms with Crippen molar-refractivity contribution < 1.29 is 14.6 Å². The van der Waals surface area contributed by atoms with Gasteiger partial charge < -0.3 is 15.2 Å². The van der Waals surface area contributed by atoms with Crippen molar-refractivity contribution in [2.45, 2.75) is 26.2 Å². The van der Waals surface area contributed by atoms with Crippen LogP contribution in [0.1, 0.15) is 35.2 Å². The molecule has 0 atom stereocenters. The van der Waals surface area contributed by atoms with E-state index in [9.17, 15) is 9.90 Å². The van der Waals surface area contributed by atoms with E-state index in [1.165, 1.54) is 12.8 Å². The summed E-state index contributed by atoms with van der Waals surface area (Å²) in [6, 6.07) is 5.05. The zero-order chi connectivity index (χ0) is 13.7. The molecule has 1 saturated carbocycles. The first-order chi connectivity index (χ1) is 9.16. The monoisotopic (exact) mass is 263 g/mol. The molecular weight excluding hydrogens is 242 g/mol. The van der Waals surface area contributed by atoms with Gasteiger partial charge in [-0.3, -0.25) is 4.79 Å². The lowest BCUT2D eigenvalue weighted by Gasteiger charge is -2.07. The highest BCUT2D eigenvalue weighted by molar-refractivity contribution is 5.96. The van der Waals surface area contributed by atoms with Crippen molar-refractivity contribution in [3.05, 3.63) is 29.3 Å². The van der Waals surface area contributed by atoms with Gasteiger partial charge in [0.05, 0.1) is 5.56 Å². The maximum atomic E-state index is 11.8. The molecule has 4 heteroatoms. The van der Waals surface area contributed by atoms with Crippen LogP contribution in [0.5, 0.6) is 5.75 Å². The second-order valence-electron chi connectivity index (χ2n) is 5.15. The zero-order valence-electron chi connectivity index (χ0n) is 11.3. The lowest BCUT2D eigenvalue weighted by molar-refractivity contribution is 0.0935. The number of rotatable bonds is 7. The van der Waals surface area contributed by atoms with Gasteiger partial charge in [0.1, 0.15) is 5.75 Å². The van der Waals surface area contributed by atoms with E-state index in [4.69, 9.17) is 4.74 Å². The number of phenols is 1. The largest absolute Gasteiger partial charge is 0.507 e. The van der Waals surface area contributed by atoms with Gasteiger partial charge in [-0.25, -0.2) is 0 Å². The van der Waals surface area contributed by atoms with E-state index >= 15 is 0 Å². The molecule has 104 valence electrons. The molecular formula is C15H21NO3. The van der Waals surface area contributed by atoms with Gasteiger partial charge >= 0.3 is 0 Å². The third kappa shape index (κ3) is 4.56. The van der Waals surface area contributed by atoms with Crippen LogP contribution >= 0.6 is 0 Å². The Morgan fingerprint density at radius 1 is 1.47 bits per heavy atom. The molecule has 1 aromatic carbocycles. The molecule has 2 rings (SSSR count). The third-order valence-electron chi connectivity index (χ3n) is 3.20. The molecule has 0 unspecified atom stereocenters. The molecule has 0 radical (unpaired) electrons. The Labute approximate surface area is 113 Å². The van der Waals surface area contributed by atoms with Crippen LogP contribution in [-0.2, 0) is 4.74 Å². The molecule has 0 heterocycles. The first-order valence-corrected chi connectivity index (χ1v) is 6.82. The van der Waals surface area contributed by atoms with Crippen molar-refractivity contribution in [1.29, 1.82) is 0 Å². The number of carbonyl (C=O) groups excluding carboxylic acids is 1. The van der Waals surface area contributed by atoms with E-state index in [2.05, 4.69) is 5.32 Å². The summed E-state index contributed by atoms with van der Waals surface area (Å²) in [7, 11) is 0. The molecule has 19 heavy (non-hydrogen) atoms. The number of aryl methyl sites for hydroxylation is 1. The molecule has 0 bridgehead atoms. The fourth-order valence-electron chi connectivity index (χ4n) is 1.84. The van der Waals surface area contributed by atoms with Crippen LogP contribution in [-0.4, -0.2) is 30.8 Å². The second kappa shape index (κ2) is 6.57. The highest BCUT2D eigenvalue weighted by atomic mass is 16.5. The number of aromatic hydroxyl groups is 1. The highest BCUT2D eigenvalue weighted by Crippen LogP contribution is 2.28. The lowest BCUT2D eigenvalue weighted by atomic mass is 10.1. The van der Waals surface area contributed by atoms with Gasteiger partial charge in [0.25, 0.3) is 5.91 Å². The summed E-state index contributed by atoms with van der Waals surface area (Å²) >= 11 is 0. The first-order valence-electron chi connectivity index (χ1n) is 6.82. The van der Waals surface area contributed by atoms with E-state index in [1.54, 1.807) is 12.1 Å². The second-order valence-corrected chi connectivity index (χ2v) is 5.15. The Bertz CT molecular complexity index is 441. The van der Waals surface area contributed by atoms with Crippen molar-refractivity contribution in [1.82, 2.24) is 5.32 Å². The Morgan fingerprint density at radius 2 is 2.26 bits per heavy atom. The average Bonchev–Trinajstić information content (AvgIpc) is 3.17. The van der Waals surface area contributed by atoms with E-state index in [0.717, 1.165) is 24.5 Å². The van der Waals surface area contributed by atoms with Crippen molar-refractivity contribution in [2.24, 2.45) is 5.92 Å². The van der Waals surface area contributed by atoms with Crippen molar-refractivity contribution in [3.8, 4) is 5.75 Å². The number of ether oxygens (including phenoxy) is 1. The van der Waals surface area contributed by atoms with Crippen LogP contribution in [0.25, 0.3) is 0 Å². The normalized spacial score (nSPS) is 14.4. The van der Waals surface area contributed by atoms with Crippen LogP contribution in [0, 0.1) is 12.8 Å². The smallest absolute Gasteiger partial charge is 0.255 e. The van der Waals surface area contributed by atoms with Crippen molar-refractivity contribution in [3.63, 3.8) is 0 Å². The fraction of sp³-hybridized carbons (Fsp3) is 0.533. The minimum atomic E-state index is -0.236. The molecule has 0 spiro atoms. The van der Waals surface area contributed by atoms with Gasteiger partial charge in [0, 0.05) is 19.8 Å². The maximum absolute atomic E-state index is 11.8. The summed E-state index contributed by atoms with van der Waals surface area (Å²) in [5.74, 6) is 0.571. The summed E-state index contributed by atoms with van der Waals surface area (Å²) in [5.41, 5.74) is 1.26. The van der Waals surface area contributed by atoms with E-state index in [1.807, 2.05) is 13.0 Å². The Hall–Kier alpha value is -1.55. The summed E-state index contributed by atoms with van der Waals surface area (Å²) in [6.07, 6.45) is 3.39. The highest BCUT2D eigenvalue weighted by Gasteiger charge is 2.20. The number of phenolic OH excluding ortho intramolecular Hbond substituents is 1. The minimum Gasteiger partial charge on any atom is -0.507 e. The summed E-state index contributed by atoms with van der Waals surface area (Å²) in [5, 5.41) is 12.5. The molecule has 1 aromatic rings. The zero-order valence-corrected chi connectivity index (χ0v) is 11.3. The topological polar surface area (TPSA) is 58.6 Å². The molecule has 4 nitrogen and oxygen atoms in total. The van der Waals surface area contributed by atoms with Crippen LogP contribution in [0.15, 0.2) is 18.2 Å². The summed E-state index contributed by atoms with van der Waals surface area (Å²) in [6.45, 7) is 3.97. The molecule has 1 aliphatic rings. The van der Waals surface area contributed by atoms with E-state index in [0.29, 0.717) is 18.7 Å². The minimum absolute atomic E-state index is 0.0301. The Morgan fingerprint density at radius 3 is 2.95 bits per heavy atom. The molecule has 2 N–H and O–H groups in total. The van der Waals surface area contributed by atoms with Gasteiger partial charge in [-0.1, -0.05) is 6.07 Å². The van der Waals surface area contributed by atoms with Crippen molar-refractivity contribution >= 4 is 5.91 Å². The summed E-state index contributed by atoms with van der Waals surface area (Å²) in [4.78, 5) is 11.8. The van der Waals surface area contributed by atoms with Gasteiger partial charge in [-0.05, 0) is 49.8 Å². The number of nitrogens with one attached hydrogen (secondary N) is 1. The molecule has 1 amide bonds. The predicted octanol–water partition coefficient (Wildman–Crippen LogP) is 2.25. The average molecular weight is 263 g/mol.